The Hall–Kier alpha value is -2.75. The molecule has 7 nitrogen and oxygen atoms in total. The molecule has 0 spiro atoms. The van der Waals surface area contributed by atoms with Gasteiger partial charge in [0.1, 0.15) is 0 Å². The molecule has 0 aromatic heterocycles. The van der Waals surface area contributed by atoms with Crippen molar-refractivity contribution in [2.75, 3.05) is 5.32 Å². The lowest BCUT2D eigenvalue weighted by atomic mass is 10.0. The summed E-state index contributed by atoms with van der Waals surface area (Å²) < 4.78 is 0.679. The zero-order valence-corrected chi connectivity index (χ0v) is 17.5. The van der Waals surface area contributed by atoms with Crippen LogP contribution in [0.15, 0.2) is 36.4 Å². The number of hydrogen-bond donors (Lipinski definition) is 1. The summed E-state index contributed by atoms with van der Waals surface area (Å²) in [5, 5.41) is 13.8. The number of rotatable bonds is 3. The number of carbonyl (C=O) groups is 4. The number of carboxylic acid groups (broad SMARTS) is 1. The standard InChI is InChI=1S/C20H17IN2O5/c1-20(2,3)23-17(25)12-6-4-10(8-13(12)18(23)26)16(24)22-15-7-5-11(21)9-14(15)19(27)28/h4-9H,1-3H3,(H,22,24)(H,27,28)/p-1. The minimum absolute atomic E-state index is 0.0876. The molecule has 2 aromatic rings. The van der Waals surface area contributed by atoms with Gasteiger partial charge in [0.05, 0.1) is 22.8 Å². The van der Waals surface area contributed by atoms with E-state index < -0.39 is 29.2 Å². The minimum atomic E-state index is -1.41. The molecular formula is C20H16IN2O5-. The Morgan fingerprint density at radius 1 is 1.00 bits per heavy atom. The Bertz CT molecular complexity index is 1040. The van der Waals surface area contributed by atoms with E-state index in [1.165, 1.54) is 30.3 Å². The van der Waals surface area contributed by atoms with Gasteiger partial charge in [-0.25, -0.2) is 0 Å². The monoisotopic (exact) mass is 491 g/mol. The molecule has 0 atom stereocenters. The first-order chi connectivity index (χ1) is 13.0. The van der Waals surface area contributed by atoms with E-state index in [1.54, 1.807) is 26.8 Å². The fourth-order valence-electron chi connectivity index (χ4n) is 2.98. The topological polar surface area (TPSA) is 107 Å². The van der Waals surface area contributed by atoms with Gasteiger partial charge in [0.15, 0.2) is 0 Å². The summed E-state index contributed by atoms with van der Waals surface area (Å²) >= 11 is 1.95. The van der Waals surface area contributed by atoms with Crippen LogP contribution in [-0.2, 0) is 0 Å². The number of amides is 3. The molecule has 0 fully saturated rings. The molecule has 0 aliphatic carbocycles. The maximum absolute atomic E-state index is 12.7. The fraction of sp³-hybridized carbons (Fsp3) is 0.200. The smallest absolute Gasteiger partial charge is 0.262 e. The quantitative estimate of drug-likeness (QED) is 0.524. The molecule has 1 aliphatic rings. The van der Waals surface area contributed by atoms with Crippen LogP contribution >= 0.6 is 22.6 Å². The van der Waals surface area contributed by atoms with E-state index >= 15 is 0 Å². The van der Waals surface area contributed by atoms with E-state index in [4.69, 9.17) is 0 Å². The molecule has 8 heteroatoms. The van der Waals surface area contributed by atoms with Crippen LogP contribution < -0.4 is 10.4 Å². The number of imide groups is 1. The number of carbonyl (C=O) groups excluding carboxylic acids is 4. The van der Waals surface area contributed by atoms with E-state index in [2.05, 4.69) is 5.32 Å². The molecule has 28 heavy (non-hydrogen) atoms. The van der Waals surface area contributed by atoms with Gasteiger partial charge < -0.3 is 15.2 Å². The SMILES string of the molecule is CC(C)(C)N1C(=O)c2ccc(C(=O)Nc3ccc(I)cc3C(=O)[O-])cc2C1=O. The number of fused-ring (bicyclic) bond motifs is 1. The summed E-state index contributed by atoms with van der Waals surface area (Å²) in [6.45, 7) is 5.25. The number of nitrogens with zero attached hydrogens (tertiary/aromatic N) is 1. The van der Waals surface area contributed by atoms with Crippen molar-refractivity contribution in [1.82, 2.24) is 4.90 Å². The van der Waals surface area contributed by atoms with Crippen LogP contribution in [0.4, 0.5) is 5.69 Å². The second kappa shape index (κ2) is 7.01. The van der Waals surface area contributed by atoms with Crippen LogP contribution in [0.5, 0.6) is 0 Å². The molecule has 0 bridgehead atoms. The summed E-state index contributed by atoms with van der Waals surface area (Å²) in [4.78, 5) is 50.2. The number of hydrogen-bond acceptors (Lipinski definition) is 5. The van der Waals surface area contributed by atoms with Gasteiger partial charge in [-0.3, -0.25) is 19.3 Å². The van der Waals surface area contributed by atoms with Crippen LogP contribution in [0.1, 0.15) is 62.2 Å². The molecule has 0 saturated heterocycles. The number of nitrogens with one attached hydrogen (secondary N) is 1. The zero-order valence-electron chi connectivity index (χ0n) is 15.3. The maximum atomic E-state index is 12.7. The second-order valence-electron chi connectivity index (χ2n) is 7.31. The normalized spacial score (nSPS) is 13.5. The zero-order chi connectivity index (χ0) is 20.8. The van der Waals surface area contributed by atoms with Gasteiger partial charge in [-0.1, -0.05) is 0 Å². The van der Waals surface area contributed by atoms with E-state index in [1.807, 2.05) is 22.6 Å². The number of anilines is 1. The van der Waals surface area contributed by atoms with Crippen molar-refractivity contribution in [3.63, 3.8) is 0 Å². The van der Waals surface area contributed by atoms with Gasteiger partial charge >= 0.3 is 0 Å². The third-order valence-corrected chi connectivity index (χ3v) is 4.94. The summed E-state index contributed by atoms with van der Waals surface area (Å²) in [7, 11) is 0. The fourth-order valence-corrected chi connectivity index (χ4v) is 3.47. The highest BCUT2D eigenvalue weighted by Gasteiger charge is 2.42. The van der Waals surface area contributed by atoms with Crippen molar-refractivity contribution < 1.29 is 24.3 Å². The van der Waals surface area contributed by atoms with Crippen molar-refractivity contribution in [2.24, 2.45) is 0 Å². The van der Waals surface area contributed by atoms with Gasteiger partial charge in [-0.2, -0.15) is 0 Å². The Balaban J connectivity index is 1.93. The van der Waals surface area contributed by atoms with Crippen LogP contribution in [0.2, 0.25) is 0 Å². The third-order valence-electron chi connectivity index (χ3n) is 4.27. The number of benzene rings is 2. The van der Waals surface area contributed by atoms with Crippen LogP contribution in [0.25, 0.3) is 0 Å². The van der Waals surface area contributed by atoms with Gasteiger partial charge in [0.25, 0.3) is 17.7 Å². The van der Waals surface area contributed by atoms with E-state index in [0.29, 0.717) is 3.57 Å². The Morgan fingerprint density at radius 3 is 2.25 bits per heavy atom. The molecule has 1 heterocycles. The van der Waals surface area contributed by atoms with Crippen molar-refractivity contribution in [3.8, 4) is 0 Å². The Morgan fingerprint density at radius 2 is 1.64 bits per heavy atom. The van der Waals surface area contributed by atoms with E-state index in [9.17, 15) is 24.3 Å². The number of aromatic carboxylic acids is 1. The highest BCUT2D eigenvalue weighted by Crippen LogP contribution is 2.30. The molecule has 2 aromatic carbocycles. The molecule has 3 amide bonds. The average Bonchev–Trinajstić information content (AvgIpc) is 2.86. The number of halogens is 1. The lowest BCUT2D eigenvalue weighted by Crippen LogP contribution is -2.45. The predicted octanol–water partition coefficient (Wildman–Crippen LogP) is 2.30. The second-order valence-corrected chi connectivity index (χ2v) is 8.55. The van der Waals surface area contributed by atoms with E-state index in [-0.39, 0.29) is 27.9 Å². The molecule has 3 rings (SSSR count). The first kappa shape index (κ1) is 20.0. The summed E-state index contributed by atoms with van der Waals surface area (Å²) in [5.41, 5.74) is -0.230. The average molecular weight is 491 g/mol. The van der Waals surface area contributed by atoms with Crippen LogP contribution in [0, 0.1) is 3.57 Å². The Kier molecular flexibility index (Phi) is 5.00. The minimum Gasteiger partial charge on any atom is -0.545 e. The van der Waals surface area contributed by atoms with Gasteiger partial charge in [0, 0.05) is 20.2 Å². The van der Waals surface area contributed by atoms with Crippen LogP contribution in [-0.4, -0.2) is 34.1 Å². The summed E-state index contributed by atoms with van der Waals surface area (Å²) in [5.74, 6) is -2.88. The van der Waals surface area contributed by atoms with Gasteiger partial charge in [0.2, 0.25) is 0 Å². The molecular weight excluding hydrogens is 475 g/mol. The molecule has 1 aliphatic heterocycles. The van der Waals surface area contributed by atoms with Crippen molar-refractivity contribution in [2.45, 2.75) is 26.3 Å². The van der Waals surface area contributed by atoms with Crippen molar-refractivity contribution in [3.05, 3.63) is 62.2 Å². The van der Waals surface area contributed by atoms with Crippen molar-refractivity contribution in [1.29, 1.82) is 0 Å². The van der Waals surface area contributed by atoms with Gasteiger partial charge in [-0.05, 0) is 79.8 Å². The molecule has 0 unspecified atom stereocenters. The lowest BCUT2D eigenvalue weighted by molar-refractivity contribution is -0.254. The number of carboxylic acids is 1. The van der Waals surface area contributed by atoms with Crippen molar-refractivity contribution >= 4 is 52.0 Å². The van der Waals surface area contributed by atoms with Crippen LogP contribution in [0.3, 0.4) is 0 Å². The highest BCUT2D eigenvalue weighted by molar-refractivity contribution is 14.1. The molecule has 0 saturated carbocycles. The molecule has 0 radical (unpaired) electrons. The summed E-state index contributed by atoms with van der Waals surface area (Å²) in [6.07, 6.45) is 0. The van der Waals surface area contributed by atoms with E-state index in [0.717, 1.165) is 4.90 Å². The first-order valence-corrected chi connectivity index (χ1v) is 9.44. The highest BCUT2D eigenvalue weighted by atomic mass is 127. The predicted molar refractivity (Wildman–Crippen MR) is 108 cm³/mol. The lowest BCUT2D eigenvalue weighted by Gasteiger charge is -2.29. The molecule has 144 valence electrons. The summed E-state index contributed by atoms with van der Waals surface area (Å²) in [6, 6.07) is 8.71. The largest absolute Gasteiger partial charge is 0.545 e. The third kappa shape index (κ3) is 3.51. The van der Waals surface area contributed by atoms with Gasteiger partial charge in [-0.15, -0.1) is 0 Å². The Labute approximate surface area is 174 Å². The maximum Gasteiger partial charge on any atom is 0.262 e. The molecule has 1 N–H and O–H groups in total. The first-order valence-electron chi connectivity index (χ1n) is 8.36.